The third kappa shape index (κ3) is 8.82. The standard InChI is InChI=1S/C34H46F3N3O2/c1-3-4-5-7-11-26(2)33(42)27-15-16-28-24-40(25-29(28)22-27)32(41)14-8-6-9-17-38-18-20-39(21-19-38)31-13-10-12-30(23-31)34(35,36)37/h10,12-13,15-16,22-23,26H,3-9,11,14,17-21,24-25H2,1-2H3. The van der Waals surface area contributed by atoms with E-state index in [2.05, 4.69) is 11.8 Å². The lowest BCUT2D eigenvalue weighted by Gasteiger charge is -2.36. The van der Waals surface area contributed by atoms with Crippen LogP contribution in [0.2, 0.25) is 0 Å². The molecule has 5 nitrogen and oxygen atoms in total. The van der Waals surface area contributed by atoms with Gasteiger partial charge in [0, 0.05) is 62.9 Å². The number of amides is 1. The first-order valence-electron chi connectivity index (χ1n) is 15.7. The number of unbranched alkanes of at least 4 members (excludes halogenated alkanes) is 5. The molecule has 1 fully saturated rings. The molecule has 1 saturated heterocycles. The van der Waals surface area contributed by atoms with Gasteiger partial charge in [0.15, 0.2) is 5.78 Å². The van der Waals surface area contributed by atoms with Crippen molar-refractivity contribution >= 4 is 17.4 Å². The summed E-state index contributed by atoms with van der Waals surface area (Å²) in [4.78, 5) is 32.1. The van der Waals surface area contributed by atoms with Crippen LogP contribution in [0.5, 0.6) is 0 Å². The molecule has 0 saturated carbocycles. The second-order valence-electron chi connectivity index (χ2n) is 12.0. The van der Waals surface area contributed by atoms with Crippen molar-refractivity contribution in [2.24, 2.45) is 5.92 Å². The molecule has 4 rings (SSSR count). The zero-order valence-electron chi connectivity index (χ0n) is 25.2. The predicted molar refractivity (Wildman–Crippen MR) is 162 cm³/mol. The Bertz CT molecular complexity index is 1190. The van der Waals surface area contributed by atoms with E-state index in [1.165, 1.54) is 31.4 Å². The van der Waals surface area contributed by atoms with Gasteiger partial charge >= 0.3 is 6.18 Å². The van der Waals surface area contributed by atoms with E-state index in [0.29, 0.717) is 38.3 Å². The molecule has 2 heterocycles. The van der Waals surface area contributed by atoms with Crippen molar-refractivity contribution in [3.05, 3.63) is 64.7 Å². The minimum atomic E-state index is -4.33. The number of nitrogens with zero attached hydrogens (tertiary/aromatic N) is 3. The van der Waals surface area contributed by atoms with Crippen LogP contribution >= 0.6 is 0 Å². The molecule has 8 heteroatoms. The van der Waals surface area contributed by atoms with Crippen LogP contribution in [0.3, 0.4) is 0 Å². The number of rotatable bonds is 14. The first-order chi connectivity index (χ1) is 20.2. The van der Waals surface area contributed by atoms with Gasteiger partial charge < -0.3 is 9.80 Å². The lowest BCUT2D eigenvalue weighted by molar-refractivity contribution is -0.137. The van der Waals surface area contributed by atoms with Crippen LogP contribution in [0.4, 0.5) is 18.9 Å². The molecule has 2 aromatic rings. The minimum Gasteiger partial charge on any atom is -0.369 e. The molecule has 0 N–H and O–H groups in total. The van der Waals surface area contributed by atoms with Crippen molar-refractivity contribution in [3.8, 4) is 0 Å². The molecule has 2 aliphatic heterocycles. The van der Waals surface area contributed by atoms with Crippen LogP contribution < -0.4 is 4.90 Å². The summed E-state index contributed by atoms with van der Waals surface area (Å²) in [7, 11) is 0. The van der Waals surface area contributed by atoms with E-state index in [1.807, 2.05) is 34.9 Å². The zero-order chi connectivity index (χ0) is 30.1. The third-order valence-corrected chi connectivity index (χ3v) is 8.78. The first-order valence-corrected chi connectivity index (χ1v) is 15.7. The number of hydrogen-bond donors (Lipinski definition) is 0. The SMILES string of the molecule is CCCCCCC(C)C(=O)c1ccc2c(c1)CN(C(=O)CCCCCN1CCN(c3cccc(C(F)(F)F)c3)CC1)C2. The van der Waals surface area contributed by atoms with Crippen LogP contribution in [0.25, 0.3) is 0 Å². The molecule has 2 aromatic carbocycles. The number of carbonyl (C=O) groups is 2. The van der Waals surface area contributed by atoms with E-state index in [0.717, 1.165) is 74.5 Å². The van der Waals surface area contributed by atoms with Gasteiger partial charge in [-0.2, -0.15) is 13.2 Å². The number of benzene rings is 2. The summed E-state index contributed by atoms with van der Waals surface area (Å²) in [6.07, 6.45) is 4.62. The van der Waals surface area contributed by atoms with Crippen molar-refractivity contribution in [3.63, 3.8) is 0 Å². The number of carbonyl (C=O) groups excluding carboxylic acids is 2. The van der Waals surface area contributed by atoms with Gasteiger partial charge in [-0.05, 0) is 61.2 Å². The van der Waals surface area contributed by atoms with Crippen LogP contribution in [0, 0.1) is 5.92 Å². The van der Waals surface area contributed by atoms with Crippen LogP contribution in [0.1, 0.15) is 98.7 Å². The van der Waals surface area contributed by atoms with Crippen molar-refractivity contribution in [2.75, 3.05) is 37.6 Å². The highest BCUT2D eigenvalue weighted by atomic mass is 19.4. The van der Waals surface area contributed by atoms with Crippen LogP contribution in [-0.2, 0) is 24.1 Å². The van der Waals surface area contributed by atoms with Gasteiger partial charge in [-0.1, -0.05) is 64.2 Å². The van der Waals surface area contributed by atoms with Gasteiger partial charge in [0.25, 0.3) is 0 Å². The molecule has 1 amide bonds. The Hall–Kier alpha value is -2.87. The number of hydrogen-bond acceptors (Lipinski definition) is 4. The number of piperazine rings is 1. The summed E-state index contributed by atoms with van der Waals surface area (Å²) in [6.45, 7) is 9.41. The number of alkyl halides is 3. The number of ketones is 1. The Morgan fingerprint density at radius 2 is 1.60 bits per heavy atom. The van der Waals surface area contributed by atoms with Gasteiger partial charge in [-0.3, -0.25) is 14.5 Å². The van der Waals surface area contributed by atoms with Crippen molar-refractivity contribution in [1.82, 2.24) is 9.80 Å². The summed E-state index contributed by atoms with van der Waals surface area (Å²) in [5.41, 5.74) is 3.02. The highest BCUT2D eigenvalue weighted by Gasteiger charge is 2.31. The van der Waals surface area contributed by atoms with E-state index < -0.39 is 11.7 Å². The number of anilines is 1. The van der Waals surface area contributed by atoms with Gasteiger partial charge in [-0.15, -0.1) is 0 Å². The summed E-state index contributed by atoms with van der Waals surface area (Å²) < 4.78 is 39.2. The summed E-state index contributed by atoms with van der Waals surface area (Å²) in [5.74, 6) is 0.396. The van der Waals surface area contributed by atoms with E-state index >= 15 is 0 Å². The lowest BCUT2D eigenvalue weighted by atomic mass is 9.92. The molecule has 1 atom stereocenters. The molecule has 42 heavy (non-hydrogen) atoms. The molecule has 0 aromatic heterocycles. The molecule has 0 aliphatic carbocycles. The summed E-state index contributed by atoms with van der Waals surface area (Å²) in [6, 6.07) is 11.5. The molecule has 1 unspecified atom stereocenters. The Morgan fingerprint density at radius 1 is 0.857 bits per heavy atom. The average Bonchev–Trinajstić information content (AvgIpc) is 3.42. The third-order valence-electron chi connectivity index (χ3n) is 8.78. The normalized spacial score (nSPS) is 16.5. The first kappa shape index (κ1) is 32.1. The maximum atomic E-state index is 13.1. The van der Waals surface area contributed by atoms with Gasteiger partial charge in [0.1, 0.15) is 0 Å². The predicted octanol–water partition coefficient (Wildman–Crippen LogP) is 7.72. The second-order valence-corrected chi connectivity index (χ2v) is 12.0. The smallest absolute Gasteiger partial charge is 0.369 e. The molecule has 0 bridgehead atoms. The topological polar surface area (TPSA) is 43.9 Å². The largest absolute Gasteiger partial charge is 0.416 e. The fourth-order valence-corrected chi connectivity index (χ4v) is 6.07. The van der Waals surface area contributed by atoms with E-state index in [4.69, 9.17) is 0 Å². The number of Topliss-reactive ketones (excluding diaryl/α,β-unsaturated/α-hetero) is 1. The van der Waals surface area contributed by atoms with E-state index in [-0.39, 0.29) is 17.6 Å². The monoisotopic (exact) mass is 585 g/mol. The zero-order valence-corrected chi connectivity index (χ0v) is 25.2. The molecule has 230 valence electrons. The van der Waals surface area contributed by atoms with Crippen LogP contribution in [-0.4, -0.2) is 54.2 Å². The summed E-state index contributed by atoms with van der Waals surface area (Å²) in [5, 5.41) is 0. The van der Waals surface area contributed by atoms with Crippen molar-refractivity contribution < 1.29 is 22.8 Å². The lowest BCUT2D eigenvalue weighted by Crippen LogP contribution is -2.46. The number of fused-ring (bicyclic) bond motifs is 1. The minimum absolute atomic E-state index is 0.0262. The molecular weight excluding hydrogens is 539 g/mol. The van der Waals surface area contributed by atoms with Crippen molar-refractivity contribution in [1.29, 1.82) is 0 Å². The highest BCUT2D eigenvalue weighted by molar-refractivity contribution is 5.98. The maximum Gasteiger partial charge on any atom is 0.416 e. The Labute approximate surface area is 249 Å². The molecular formula is C34H46F3N3O2. The fourth-order valence-electron chi connectivity index (χ4n) is 6.07. The van der Waals surface area contributed by atoms with E-state index in [1.54, 1.807) is 6.07 Å². The maximum absolute atomic E-state index is 13.1. The average molecular weight is 586 g/mol. The van der Waals surface area contributed by atoms with Gasteiger partial charge in [0.2, 0.25) is 5.91 Å². The van der Waals surface area contributed by atoms with Crippen molar-refractivity contribution in [2.45, 2.75) is 90.9 Å². The Morgan fingerprint density at radius 3 is 2.33 bits per heavy atom. The quantitative estimate of drug-likeness (QED) is 0.168. The second kappa shape index (κ2) is 15.0. The molecule has 0 spiro atoms. The fraction of sp³-hybridized carbons (Fsp3) is 0.588. The highest BCUT2D eigenvalue weighted by Crippen LogP contribution is 2.32. The van der Waals surface area contributed by atoms with Gasteiger partial charge in [-0.25, -0.2) is 0 Å². The summed E-state index contributed by atoms with van der Waals surface area (Å²) >= 11 is 0. The van der Waals surface area contributed by atoms with Gasteiger partial charge in [0.05, 0.1) is 5.56 Å². The number of halogens is 3. The van der Waals surface area contributed by atoms with E-state index in [9.17, 15) is 22.8 Å². The Balaban J connectivity index is 1.12. The molecule has 0 radical (unpaired) electrons. The Kier molecular flexibility index (Phi) is 11.5. The van der Waals surface area contributed by atoms with Crippen LogP contribution in [0.15, 0.2) is 42.5 Å². The molecule has 2 aliphatic rings.